The number of hydrogen-bond acceptors (Lipinski definition) is 2. The SMILES string of the molecule is Fc1cnc(-c2c[nH]c3c(F)cc(F)cc23)nc1. The van der Waals surface area contributed by atoms with Gasteiger partial charge in [0, 0.05) is 23.2 Å². The average Bonchev–Trinajstić information content (AvgIpc) is 2.74. The third-order valence-corrected chi connectivity index (χ3v) is 2.57. The second-order valence-corrected chi connectivity index (χ2v) is 3.74. The van der Waals surface area contributed by atoms with Gasteiger partial charge in [0.15, 0.2) is 11.6 Å². The van der Waals surface area contributed by atoms with Gasteiger partial charge in [0.2, 0.25) is 0 Å². The lowest BCUT2D eigenvalue weighted by Crippen LogP contribution is -1.89. The molecular weight excluding hydrogens is 243 g/mol. The molecule has 3 rings (SSSR count). The second-order valence-electron chi connectivity index (χ2n) is 3.74. The van der Waals surface area contributed by atoms with Crippen LogP contribution in [0.1, 0.15) is 0 Å². The molecule has 0 radical (unpaired) electrons. The summed E-state index contributed by atoms with van der Waals surface area (Å²) in [5.74, 6) is -1.76. The van der Waals surface area contributed by atoms with Gasteiger partial charge in [-0.05, 0) is 6.07 Å². The molecule has 0 saturated carbocycles. The molecule has 3 aromatic rings. The standard InChI is InChI=1S/C12H6F3N3/c13-6-1-8-9(5-16-11(8)10(15)2-6)12-17-3-7(14)4-18-12/h1-5,16H. The van der Waals surface area contributed by atoms with Gasteiger partial charge in [0.25, 0.3) is 0 Å². The number of fused-ring (bicyclic) bond motifs is 1. The molecule has 2 aromatic heterocycles. The van der Waals surface area contributed by atoms with Crippen LogP contribution in [0.25, 0.3) is 22.3 Å². The molecule has 1 N–H and O–H groups in total. The molecule has 0 spiro atoms. The minimum atomic E-state index is -0.696. The molecule has 0 aliphatic rings. The van der Waals surface area contributed by atoms with Crippen molar-refractivity contribution >= 4 is 10.9 Å². The first-order valence-corrected chi connectivity index (χ1v) is 5.09. The lowest BCUT2D eigenvalue weighted by molar-refractivity contribution is 0.591. The van der Waals surface area contributed by atoms with Crippen molar-refractivity contribution in [3.8, 4) is 11.4 Å². The van der Waals surface area contributed by atoms with Crippen LogP contribution in [0.15, 0.2) is 30.7 Å². The number of halogens is 3. The summed E-state index contributed by atoms with van der Waals surface area (Å²) in [6.45, 7) is 0. The first kappa shape index (κ1) is 10.8. The van der Waals surface area contributed by atoms with Gasteiger partial charge in [-0.3, -0.25) is 0 Å². The summed E-state index contributed by atoms with van der Waals surface area (Å²) >= 11 is 0. The average molecular weight is 249 g/mol. The van der Waals surface area contributed by atoms with Crippen molar-refractivity contribution in [1.29, 1.82) is 0 Å². The largest absolute Gasteiger partial charge is 0.358 e. The highest BCUT2D eigenvalue weighted by Gasteiger charge is 2.13. The zero-order valence-corrected chi connectivity index (χ0v) is 8.92. The summed E-state index contributed by atoms with van der Waals surface area (Å²) < 4.78 is 39.4. The van der Waals surface area contributed by atoms with E-state index in [1.54, 1.807) is 0 Å². The Kier molecular flexibility index (Phi) is 2.29. The summed E-state index contributed by atoms with van der Waals surface area (Å²) in [4.78, 5) is 10.2. The first-order valence-electron chi connectivity index (χ1n) is 5.09. The lowest BCUT2D eigenvalue weighted by Gasteiger charge is -1.98. The lowest BCUT2D eigenvalue weighted by atomic mass is 10.1. The van der Waals surface area contributed by atoms with E-state index < -0.39 is 17.5 Å². The fourth-order valence-corrected chi connectivity index (χ4v) is 1.79. The second kappa shape index (κ2) is 3.83. The Morgan fingerprint density at radius 3 is 2.39 bits per heavy atom. The Morgan fingerprint density at radius 2 is 1.67 bits per heavy atom. The monoisotopic (exact) mass is 249 g/mol. The van der Waals surface area contributed by atoms with Gasteiger partial charge in [-0.25, -0.2) is 23.1 Å². The molecule has 0 bridgehead atoms. The van der Waals surface area contributed by atoms with Crippen LogP contribution in [0.5, 0.6) is 0 Å². The fourth-order valence-electron chi connectivity index (χ4n) is 1.79. The zero-order valence-electron chi connectivity index (χ0n) is 8.92. The van der Waals surface area contributed by atoms with Crippen LogP contribution < -0.4 is 0 Å². The topological polar surface area (TPSA) is 41.6 Å². The molecule has 1 aromatic carbocycles. The van der Waals surface area contributed by atoms with Crippen LogP contribution in [0.2, 0.25) is 0 Å². The molecule has 0 aliphatic carbocycles. The van der Waals surface area contributed by atoms with E-state index in [0.29, 0.717) is 10.9 Å². The number of aromatic nitrogens is 3. The predicted octanol–water partition coefficient (Wildman–Crippen LogP) is 3.04. The minimum Gasteiger partial charge on any atom is -0.358 e. The molecule has 0 saturated heterocycles. The molecule has 0 atom stereocenters. The van der Waals surface area contributed by atoms with E-state index in [1.807, 2.05) is 0 Å². The number of aromatic amines is 1. The Morgan fingerprint density at radius 1 is 0.944 bits per heavy atom. The van der Waals surface area contributed by atoms with E-state index in [9.17, 15) is 13.2 Å². The molecule has 3 nitrogen and oxygen atoms in total. The number of H-pyrrole nitrogens is 1. The van der Waals surface area contributed by atoms with Crippen molar-refractivity contribution in [2.24, 2.45) is 0 Å². The van der Waals surface area contributed by atoms with Crippen molar-refractivity contribution in [2.75, 3.05) is 0 Å². The number of rotatable bonds is 1. The molecule has 0 aliphatic heterocycles. The first-order chi connectivity index (χ1) is 8.65. The Balaban J connectivity index is 2.27. The van der Waals surface area contributed by atoms with Crippen LogP contribution in [-0.2, 0) is 0 Å². The third kappa shape index (κ3) is 1.62. The summed E-state index contributed by atoms with van der Waals surface area (Å²) in [7, 11) is 0. The van der Waals surface area contributed by atoms with E-state index in [2.05, 4.69) is 15.0 Å². The summed E-state index contributed by atoms with van der Waals surface area (Å²) in [5, 5.41) is 0.319. The van der Waals surface area contributed by atoms with E-state index in [0.717, 1.165) is 18.5 Å². The highest BCUT2D eigenvalue weighted by Crippen LogP contribution is 2.28. The smallest absolute Gasteiger partial charge is 0.161 e. The summed E-state index contributed by atoms with van der Waals surface area (Å²) in [6.07, 6.45) is 3.45. The van der Waals surface area contributed by atoms with E-state index in [1.165, 1.54) is 12.3 Å². The maximum absolute atomic E-state index is 13.5. The van der Waals surface area contributed by atoms with Crippen molar-refractivity contribution in [2.45, 2.75) is 0 Å². The summed E-state index contributed by atoms with van der Waals surface area (Å²) in [5.41, 5.74) is 0.586. The van der Waals surface area contributed by atoms with E-state index >= 15 is 0 Å². The number of nitrogens with one attached hydrogen (secondary N) is 1. The molecule has 2 heterocycles. The van der Waals surface area contributed by atoms with Crippen LogP contribution in [0, 0.1) is 17.5 Å². The van der Waals surface area contributed by atoms with Gasteiger partial charge in [-0.15, -0.1) is 0 Å². The zero-order chi connectivity index (χ0) is 12.7. The van der Waals surface area contributed by atoms with Gasteiger partial charge < -0.3 is 4.98 Å². The third-order valence-electron chi connectivity index (χ3n) is 2.57. The molecule has 18 heavy (non-hydrogen) atoms. The maximum Gasteiger partial charge on any atom is 0.161 e. The predicted molar refractivity (Wildman–Crippen MR) is 59.2 cm³/mol. The van der Waals surface area contributed by atoms with Crippen LogP contribution in [-0.4, -0.2) is 15.0 Å². The highest BCUT2D eigenvalue weighted by molar-refractivity contribution is 5.94. The van der Waals surface area contributed by atoms with Gasteiger partial charge in [0.05, 0.1) is 17.9 Å². The molecule has 0 unspecified atom stereocenters. The van der Waals surface area contributed by atoms with Crippen molar-refractivity contribution in [1.82, 2.24) is 15.0 Å². The molecule has 90 valence electrons. The molecule has 6 heteroatoms. The Hall–Kier alpha value is -2.37. The maximum atomic E-state index is 13.5. The fraction of sp³-hybridized carbons (Fsp3) is 0. The number of benzene rings is 1. The van der Waals surface area contributed by atoms with Crippen molar-refractivity contribution in [3.63, 3.8) is 0 Å². The van der Waals surface area contributed by atoms with Crippen LogP contribution in [0.4, 0.5) is 13.2 Å². The number of hydrogen-bond donors (Lipinski definition) is 1. The molecular formula is C12H6F3N3. The van der Waals surface area contributed by atoms with Gasteiger partial charge in [-0.2, -0.15) is 0 Å². The Bertz CT molecular complexity index is 719. The minimum absolute atomic E-state index is 0.166. The van der Waals surface area contributed by atoms with Crippen molar-refractivity contribution in [3.05, 3.63) is 48.2 Å². The van der Waals surface area contributed by atoms with Gasteiger partial charge >= 0.3 is 0 Å². The van der Waals surface area contributed by atoms with Gasteiger partial charge in [-0.1, -0.05) is 0 Å². The van der Waals surface area contributed by atoms with Crippen LogP contribution in [0.3, 0.4) is 0 Å². The quantitative estimate of drug-likeness (QED) is 0.720. The Labute approximate surface area is 99.3 Å². The van der Waals surface area contributed by atoms with Crippen LogP contribution >= 0.6 is 0 Å². The highest BCUT2D eigenvalue weighted by atomic mass is 19.1. The summed E-state index contributed by atoms with van der Waals surface area (Å²) in [6, 6.07) is 1.96. The normalized spacial score (nSPS) is 11.1. The van der Waals surface area contributed by atoms with Gasteiger partial charge in [0.1, 0.15) is 11.6 Å². The van der Waals surface area contributed by atoms with E-state index in [4.69, 9.17) is 0 Å². The number of nitrogens with zero attached hydrogens (tertiary/aromatic N) is 2. The molecule has 0 amide bonds. The molecule has 0 fully saturated rings. The van der Waals surface area contributed by atoms with E-state index in [-0.39, 0.29) is 11.3 Å². The van der Waals surface area contributed by atoms with Crippen molar-refractivity contribution < 1.29 is 13.2 Å².